The van der Waals surface area contributed by atoms with Crippen LogP contribution in [0.4, 0.5) is 0 Å². The fraction of sp³-hybridized carbons (Fsp3) is 0. The maximum atomic E-state index is 7.18. The van der Waals surface area contributed by atoms with Crippen molar-refractivity contribution in [2.45, 2.75) is 0 Å². The molecule has 0 aliphatic rings. The molecule has 0 aliphatic carbocycles. The molecule has 11 heavy (non-hydrogen) atoms. The van der Waals surface area contributed by atoms with Crippen LogP contribution in [0.15, 0.2) is 0 Å². The first-order chi connectivity index (χ1) is 4.24. The van der Waals surface area contributed by atoms with Gasteiger partial charge in [-0.05, 0) is 0 Å². The van der Waals surface area contributed by atoms with Crippen LogP contribution >= 0.6 is 38.8 Å². The van der Waals surface area contributed by atoms with Gasteiger partial charge in [-0.2, -0.15) is 24.0 Å². The largest absolute Gasteiger partial charge is 1.00 e. The van der Waals surface area contributed by atoms with E-state index in [1.54, 1.807) is 0 Å². The van der Waals surface area contributed by atoms with E-state index in [1.165, 1.54) is 16.2 Å². The summed E-state index contributed by atoms with van der Waals surface area (Å²) in [7, 11) is 0. The van der Waals surface area contributed by atoms with Gasteiger partial charge in [0, 0.05) is 0 Å². The van der Waals surface area contributed by atoms with Gasteiger partial charge in [-0.15, -0.1) is 0 Å². The molecule has 0 aromatic rings. The van der Waals surface area contributed by atoms with E-state index in [1.807, 2.05) is 0 Å². The maximum Gasteiger partial charge on any atom is 1.00 e. The number of thiocyanates is 3. The van der Waals surface area contributed by atoms with E-state index in [0.29, 0.717) is 0 Å². The number of thiol groups is 2. The molecule has 0 aromatic heterocycles. The van der Waals surface area contributed by atoms with Crippen LogP contribution in [0.1, 0.15) is 0 Å². The van der Waals surface area contributed by atoms with E-state index in [4.69, 9.17) is 15.8 Å². The molecular formula is C3H4KN3S4. The van der Waals surface area contributed by atoms with Crippen molar-refractivity contribution in [3.05, 3.63) is 0 Å². The molecule has 0 radical (unpaired) electrons. The van der Waals surface area contributed by atoms with Crippen molar-refractivity contribution in [2.75, 3.05) is 0 Å². The van der Waals surface area contributed by atoms with Crippen LogP contribution in [-0.4, -0.2) is 0 Å². The van der Waals surface area contributed by atoms with Crippen molar-refractivity contribution in [1.82, 2.24) is 0 Å². The van der Waals surface area contributed by atoms with Gasteiger partial charge in [-0.1, -0.05) is 30.7 Å². The van der Waals surface area contributed by atoms with E-state index >= 15 is 0 Å². The van der Waals surface area contributed by atoms with Gasteiger partial charge in [0.1, 0.15) is 10.8 Å². The number of nitrogens with zero attached hydrogens (tertiary/aromatic N) is 3. The second-order valence-corrected chi connectivity index (χ2v) is 0.874. The number of hydrogen-bond acceptors (Lipinski definition) is 6. The number of hydrogen-bond donors (Lipinski definition) is 2. The van der Waals surface area contributed by atoms with E-state index in [2.05, 4.69) is 37.9 Å². The van der Waals surface area contributed by atoms with Crippen molar-refractivity contribution < 1.29 is 51.4 Å². The zero-order valence-corrected chi connectivity index (χ0v) is 12.4. The molecule has 0 spiro atoms. The monoisotopic (exact) mass is 249 g/mol. The van der Waals surface area contributed by atoms with Gasteiger partial charge in [0.05, 0.1) is 0 Å². The molecule has 0 saturated heterocycles. The molecular weight excluding hydrogens is 245 g/mol. The first-order valence-corrected chi connectivity index (χ1v) is 2.62. The molecule has 0 N–H and O–H groups in total. The van der Waals surface area contributed by atoms with Crippen LogP contribution in [0.5, 0.6) is 0 Å². The third-order valence-corrected chi connectivity index (χ3v) is 0. The minimum atomic E-state index is 0. The molecule has 8 heteroatoms. The third kappa shape index (κ3) is 528. The van der Waals surface area contributed by atoms with Crippen molar-refractivity contribution in [3.63, 3.8) is 0 Å². The van der Waals surface area contributed by atoms with Crippen LogP contribution in [0.25, 0.3) is 0 Å². The molecule has 0 aliphatic heterocycles. The molecule has 0 heterocycles. The molecule has 0 fully saturated rings. The van der Waals surface area contributed by atoms with Crippen LogP contribution < -0.4 is 51.4 Å². The van der Waals surface area contributed by atoms with Gasteiger partial charge in [0.2, 0.25) is 0 Å². The number of rotatable bonds is 0. The average Bonchev–Trinajstić information content (AvgIpc) is 1.70. The van der Waals surface area contributed by atoms with Crippen LogP contribution in [0, 0.1) is 32.0 Å². The fourth-order valence-electron chi connectivity index (χ4n) is 0. The Labute approximate surface area is 132 Å². The molecule has 0 unspecified atom stereocenters. The molecule has 0 saturated carbocycles. The Morgan fingerprint density at radius 1 is 1.00 bits per heavy atom. The van der Waals surface area contributed by atoms with E-state index in [-0.39, 0.29) is 64.9 Å². The van der Waals surface area contributed by atoms with Crippen LogP contribution in [-0.2, 0) is 12.6 Å². The smallest absolute Gasteiger partial charge is 0.696 e. The van der Waals surface area contributed by atoms with Crippen molar-refractivity contribution in [3.8, 4) is 16.2 Å². The van der Waals surface area contributed by atoms with Crippen molar-refractivity contribution in [2.24, 2.45) is 0 Å². The summed E-state index contributed by atoms with van der Waals surface area (Å²) in [6.45, 7) is 0. The normalized spacial score (nSPS) is 2.09. The number of nitriles is 3. The molecule has 0 aromatic carbocycles. The molecule has 0 atom stereocenters. The van der Waals surface area contributed by atoms with Crippen LogP contribution in [0.3, 0.4) is 0 Å². The maximum absolute atomic E-state index is 7.18. The first-order valence-electron chi connectivity index (χ1n) is 1.32. The third-order valence-electron chi connectivity index (χ3n) is 0. The Kier molecular flexibility index (Phi) is 171. The summed E-state index contributed by atoms with van der Waals surface area (Å²) in [5.41, 5.74) is 0. The summed E-state index contributed by atoms with van der Waals surface area (Å²) in [4.78, 5) is 0. The molecule has 0 bridgehead atoms. The van der Waals surface area contributed by atoms with Gasteiger partial charge in [-0.3, -0.25) is 0 Å². The topological polar surface area (TPSA) is 71.4 Å². The van der Waals surface area contributed by atoms with E-state index in [9.17, 15) is 0 Å². The Hall–Kier alpha value is 1.38. The predicted molar refractivity (Wildman–Crippen MR) is 52.6 cm³/mol. The van der Waals surface area contributed by atoms with Crippen molar-refractivity contribution >= 4 is 51.4 Å². The Morgan fingerprint density at radius 3 is 1.00 bits per heavy atom. The SMILES string of the molecule is N#CS.N#CS.N#C[S-].S.[K+]. The molecule has 56 valence electrons. The first kappa shape index (κ1) is 29.4. The van der Waals surface area contributed by atoms with Gasteiger partial charge in [-0.25, -0.2) is 5.26 Å². The standard InChI is InChI=1S/3CHNS.K.H2S/c3*2-1-3;;/h3*3H;;1H2/q;;;+1;/p-1. The molecule has 0 rings (SSSR count). The Bertz CT molecular complexity index is 114. The second kappa shape index (κ2) is 64.0. The summed E-state index contributed by atoms with van der Waals surface area (Å²) in [6.07, 6.45) is 0. The summed E-state index contributed by atoms with van der Waals surface area (Å²) in [5.74, 6) is 0. The molecule has 0 amide bonds. The molecule has 3 nitrogen and oxygen atoms in total. The van der Waals surface area contributed by atoms with E-state index in [0.717, 1.165) is 0 Å². The van der Waals surface area contributed by atoms with Gasteiger partial charge in [0.25, 0.3) is 0 Å². The summed E-state index contributed by atoms with van der Waals surface area (Å²) < 4.78 is 0. The average molecular weight is 249 g/mol. The fourth-order valence-corrected chi connectivity index (χ4v) is 0. The quantitative estimate of drug-likeness (QED) is 0.224. The summed E-state index contributed by atoms with van der Waals surface area (Å²) in [5, 5.41) is 25.7. The van der Waals surface area contributed by atoms with Crippen molar-refractivity contribution in [1.29, 1.82) is 15.8 Å². The Balaban J connectivity index is -0.0000000150. The minimum Gasteiger partial charge on any atom is -0.696 e. The zero-order chi connectivity index (χ0) is 8.12. The zero-order valence-electron chi connectivity index (χ0n) is 5.64. The summed E-state index contributed by atoms with van der Waals surface area (Å²) >= 11 is 9.89. The predicted octanol–water partition coefficient (Wildman–Crippen LogP) is -2.07. The van der Waals surface area contributed by atoms with Gasteiger partial charge in [0.15, 0.2) is 0 Å². The van der Waals surface area contributed by atoms with Crippen LogP contribution in [0.2, 0.25) is 0 Å². The van der Waals surface area contributed by atoms with E-state index < -0.39 is 0 Å². The van der Waals surface area contributed by atoms with Gasteiger partial charge >= 0.3 is 51.4 Å². The van der Waals surface area contributed by atoms with Gasteiger partial charge < -0.3 is 12.6 Å². The summed E-state index contributed by atoms with van der Waals surface area (Å²) in [6, 6.07) is 0. The minimum absolute atomic E-state index is 0. The Morgan fingerprint density at radius 2 is 1.00 bits per heavy atom. The second-order valence-electron chi connectivity index (χ2n) is 0.291.